The summed E-state index contributed by atoms with van der Waals surface area (Å²) in [6.07, 6.45) is -0.218. The van der Waals surface area contributed by atoms with Crippen molar-refractivity contribution >= 4 is 11.9 Å². The van der Waals surface area contributed by atoms with Crippen LogP contribution in [0.15, 0.2) is 24.3 Å². The maximum atomic E-state index is 12.9. The number of carbonyl (C=O) groups excluding carboxylic acids is 1. The minimum atomic E-state index is -0.887. The van der Waals surface area contributed by atoms with Gasteiger partial charge in [0.15, 0.2) is 0 Å². The van der Waals surface area contributed by atoms with E-state index < -0.39 is 5.97 Å². The van der Waals surface area contributed by atoms with Crippen molar-refractivity contribution in [2.45, 2.75) is 20.0 Å². The van der Waals surface area contributed by atoms with Gasteiger partial charge in [-0.3, -0.25) is 19.6 Å². The monoisotopic (exact) mass is 386 g/mol. The van der Waals surface area contributed by atoms with E-state index >= 15 is 0 Å². The molecule has 1 saturated heterocycles. The highest BCUT2D eigenvalue weighted by atomic mass is 16.5. The molecule has 0 radical (unpaired) electrons. The largest absolute Gasteiger partial charge is 0.480 e. The molecule has 150 valence electrons. The lowest BCUT2D eigenvalue weighted by Gasteiger charge is -2.34. The number of benzene rings is 1. The third-order valence-corrected chi connectivity index (χ3v) is 4.96. The number of carbonyl (C=O) groups is 2. The second-order valence-electron chi connectivity index (χ2n) is 7.30. The van der Waals surface area contributed by atoms with Crippen LogP contribution in [0.25, 0.3) is 11.3 Å². The number of hydrogen-bond donors (Lipinski definition) is 2. The van der Waals surface area contributed by atoms with E-state index in [0.29, 0.717) is 31.9 Å². The Bertz CT molecular complexity index is 864. The van der Waals surface area contributed by atoms with Crippen LogP contribution in [-0.2, 0) is 9.53 Å². The number of aryl methyl sites for hydroxylation is 2. The van der Waals surface area contributed by atoms with E-state index in [9.17, 15) is 9.59 Å². The van der Waals surface area contributed by atoms with E-state index in [1.54, 1.807) is 22.9 Å². The zero-order valence-electron chi connectivity index (χ0n) is 16.4. The van der Waals surface area contributed by atoms with Crippen molar-refractivity contribution in [3.8, 4) is 11.3 Å². The molecular formula is C20H26N4O4. The number of carboxylic acids is 1. The van der Waals surface area contributed by atoms with Gasteiger partial charge in [0.25, 0.3) is 5.91 Å². The number of nitrogens with one attached hydrogen (secondary N) is 1. The van der Waals surface area contributed by atoms with Crippen molar-refractivity contribution in [2.75, 3.05) is 39.8 Å². The van der Waals surface area contributed by atoms with Crippen molar-refractivity contribution in [2.24, 2.45) is 0 Å². The normalized spacial score (nSPS) is 17.1. The van der Waals surface area contributed by atoms with E-state index in [2.05, 4.69) is 23.2 Å². The summed E-state index contributed by atoms with van der Waals surface area (Å²) in [6.45, 7) is 5.83. The van der Waals surface area contributed by atoms with Crippen LogP contribution >= 0.6 is 0 Å². The minimum Gasteiger partial charge on any atom is -0.480 e. The number of aromatic amines is 1. The van der Waals surface area contributed by atoms with Crippen LogP contribution in [-0.4, -0.2) is 82.9 Å². The summed E-state index contributed by atoms with van der Waals surface area (Å²) in [5.41, 5.74) is 4.52. The standard InChI is InChI=1S/C20H26N4O4/c1-13-4-5-15(8-14(13)2)17-9-18(22-21-17)20(27)24-6-7-28-16(11-24)10-23(3)12-19(25)26/h4-5,8-9,16H,6-7,10-12H2,1-3H3,(H,21,22)(H,25,26). The van der Waals surface area contributed by atoms with Crippen LogP contribution in [0.1, 0.15) is 21.6 Å². The Balaban J connectivity index is 1.66. The second-order valence-corrected chi connectivity index (χ2v) is 7.30. The predicted molar refractivity (Wildman–Crippen MR) is 104 cm³/mol. The van der Waals surface area contributed by atoms with Crippen LogP contribution < -0.4 is 0 Å². The van der Waals surface area contributed by atoms with E-state index in [1.165, 1.54) is 11.1 Å². The highest BCUT2D eigenvalue weighted by molar-refractivity contribution is 5.93. The smallest absolute Gasteiger partial charge is 0.317 e. The van der Waals surface area contributed by atoms with E-state index in [4.69, 9.17) is 9.84 Å². The summed E-state index contributed by atoms with van der Waals surface area (Å²) in [5.74, 6) is -1.01. The molecule has 1 aromatic heterocycles. The third kappa shape index (κ3) is 4.76. The van der Waals surface area contributed by atoms with Crippen LogP contribution in [0, 0.1) is 13.8 Å². The molecule has 0 aliphatic carbocycles. The lowest BCUT2D eigenvalue weighted by Crippen LogP contribution is -2.49. The first-order valence-corrected chi connectivity index (χ1v) is 9.27. The van der Waals surface area contributed by atoms with E-state index in [-0.39, 0.29) is 18.6 Å². The Kier molecular flexibility index (Phi) is 6.11. The molecule has 2 aromatic rings. The molecule has 1 aliphatic rings. The molecule has 3 rings (SSSR count). The van der Waals surface area contributed by atoms with Gasteiger partial charge < -0.3 is 14.7 Å². The van der Waals surface area contributed by atoms with Crippen LogP contribution in [0.5, 0.6) is 0 Å². The van der Waals surface area contributed by atoms with Gasteiger partial charge in [0.05, 0.1) is 24.9 Å². The minimum absolute atomic E-state index is 0.0618. The molecule has 0 bridgehead atoms. The first-order chi connectivity index (χ1) is 13.3. The summed E-state index contributed by atoms with van der Waals surface area (Å²) < 4.78 is 5.69. The van der Waals surface area contributed by atoms with Gasteiger partial charge in [0.1, 0.15) is 5.69 Å². The number of carboxylic acid groups (broad SMARTS) is 1. The molecule has 1 aromatic carbocycles. The first-order valence-electron chi connectivity index (χ1n) is 9.27. The third-order valence-electron chi connectivity index (χ3n) is 4.96. The molecule has 1 atom stereocenters. The average molecular weight is 386 g/mol. The number of aliphatic carboxylic acids is 1. The fraction of sp³-hybridized carbons (Fsp3) is 0.450. The molecule has 1 aliphatic heterocycles. The number of ether oxygens (including phenoxy) is 1. The number of amides is 1. The van der Waals surface area contributed by atoms with Gasteiger partial charge in [-0.25, -0.2) is 0 Å². The molecule has 8 nitrogen and oxygen atoms in total. The van der Waals surface area contributed by atoms with Gasteiger partial charge in [-0.05, 0) is 44.2 Å². The zero-order valence-corrected chi connectivity index (χ0v) is 16.4. The lowest BCUT2D eigenvalue weighted by molar-refractivity contribution is -0.138. The number of H-pyrrole nitrogens is 1. The van der Waals surface area contributed by atoms with Crippen molar-refractivity contribution in [3.63, 3.8) is 0 Å². The van der Waals surface area contributed by atoms with Crippen molar-refractivity contribution < 1.29 is 19.4 Å². The molecule has 2 N–H and O–H groups in total. The predicted octanol–water partition coefficient (Wildman–Crippen LogP) is 1.55. The Hall–Kier alpha value is -2.71. The Morgan fingerprint density at radius 2 is 2.11 bits per heavy atom. The number of aromatic nitrogens is 2. The SMILES string of the molecule is Cc1ccc(-c2cc(C(=O)N3CCOC(CN(C)CC(=O)O)C3)[nH]n2)cc1C. The molecule has 1 amide bonds. The number of hydrogen-bond acceptors (Lipinski definition) is 5. The van der Waals surface area contributed by atoms with Gasteiger partial charge in [-0.1, -0.05) is 12.1 Å². The fourth-order valence-corrected chi connectivity index (χ4v) is 3.31. The van der Waals surface area contributed by atoms with Crippen LogP contribution in [0.4, 0.5) is 0 Å². The van der Waals surface area contributed by atoms with Crippen molar-refractivity contribution in [1.29, 1.82) is 0 Å². The molecule has 1 unspecified atom stereocenters. The Labute approximate surface area is 164 Å². The Morgan fingerprint density at radius 1 is 1.32 bits per heavy atom. The summed E-state index contributed by atoms with van der Waals surface area (Å²) in [6, 6.07) is 7.87. The van der Waals surface area contributed by atoms with Crippen molar-refractivity contribution in [1.82, 2.24) is 20.0 Å². The molecule has 8 heteroatoms. The summed E-state index contributed by atoms with van der Waals surface area (Å²) in [4.78, 5) is 27.1. The maximum absolute atomic E-state index is 12.9. The van der Waals surface area contributed by atoms with Crippen molar-refractivity contribution in [3.05, 3.63) is 41.1 Å². The maximum Gasteiger partial charge on any atom is 0.317 e. The molecule has 2 heterocycles. The molecule has 0 saturated carbocycles. The van der Waals surface area contributed by atoms with Gasteiger partial charge in [-0.2, -0.15) is 5.10 Å². The number of likely N-dealkylation sites (N-methyl/N-ethyl adjacent to an activating group) is 1. The van der Waals surface area contributed by atoms with Gasteiger partial charge in [-0.15, -0.1) is 0 Å². The highest BCUT2D eigenvalue weighted by Crippen LogP contribution is 2.21. The second kappa shape index (κ2) is 8.53. The Morgan fingerprint density at radius 3 is 2.82 bits per heavy atom. The molecule has 0 spiro atoms. The summed E-state index contributed by atoms with van der Waals surface area (Å²) >= 11 is 0. The number of morpholine rings is 1. The zero-order chi connectivity index (χ0) is 20.3. The fourth-order valence-electron chi connectivity index (χ4n) is 3.31. The van der Waals surface area contributed by atoms with Gasteiger partial charge in [0, 0.05) is 25.2 Å². The molecular weight excluding hydrogens is 360 g/mol. The van der Waals surface area contributed by atoms with E-state index in [1.807, 2.05) is 19.1 Å². The quantitative estimate of drug-likeness (QED) is 0.782. The summed E-state index contributed by atoms with van der Waals surface area (Å²) in [7, 11) is 1.73. The highest BCUT2D eigenvalue weighted by Gasteiger charge is 2.27. The van der Waals surface area contributed by atoms with E-state index in [0.717, 1.165) is 11.3 Å². The van der Waals surface area contributed by atoms with Crippen LogP contribution in [0.3, 0.4) is 0 Å². The molecule has 28 heavy (non-hydrogen) atoms. The van der Waals surface area contributed by atoms with Gasteiger partial charge in [0.2, 0.25) is 0 Å². The first kappa shape index (κ1) is 20.0. The molecule has 1 fully saturated rings. The topological polar surface area (TPSA) is 98.8 Å². The van der Waals surface area contributed by atoms with Gasteiger partial charge >= 0.3 is 5.97 Å². The lowest BCUT2D eigenvalue weighted by atomic mass is 10.0. The van der Waals surface area contributed by atoms with Crippen LogP contribution in [0.2, 0.25) is 0 Å². The summed E-state index contributed by atoms with van der Waals surface area (Å²) in [5, 5.41) is 16.0. The number of rotatable bonds is 6. The number of nitrogens with zero attached hydrogens (tertiary/aromatic N) is 3. The average Bonchev–Trinajstić information content (AvgIpc) is 3.13.